The van der Waals surface area contributed by atoms with Crippen LogP contribution in [0.5, 0.6) is 0 Å². The van der Waals surface area contributed by atoms with E-state index < -0.39 is 25.0 Å². The van der Waals surface area contributed by atoms with Crippen LogP contribution in [-0.4, -0.2) is 76.7 Å². The molecule has 1 aliphatic rings. The van der Waals surface area contributed by atoms with Gasteiger partial charge < -0.3 is 25.3 Å². The number of carbonyl (C=O) groups excluding carboxylic acids is 2. The number of halogens is 3. The Morgan fingerprint density at radius 1 is 1.45 bits per heavy atom. The Hall–Kier alpha value is -3.15. The van der Waals surface area contributed by atoms with E-state index in [1.54, 1.807) is 12.0 Å². The molecule has 2 atom stereocenters. The van der Waals surface area contributed by atoms with Crippen molar-refractivity contribution in [2.45, 2.75) is 31.2 Å². The first-order valence-corrected chi connectivity index (χ1v) is 9.61. The molecular formula is C19H23F3N6O3. The van der Waals surface area contributed by atoms with Crippen LogP contribution in [0.3, 0.4) is 0 Å². The Kier molecular flexibility index (Phi) is 6.78. The third-order valence-corrected chi connectivity index (χ3v) is 5.00. The number of anilines is 1. The van der Waals surface area contributed by atoms with E-state index in [9.17, 15) is 22.8 Å². The van der Waals surface area contributed by atoms with Gasteiger partial charge in [-0.05, 0) is 12.5 Å². The number of ether oxygens (including phenoxy) is 1. The summed E-state index contributed by atoms with van der Waals surface area (Å²) >= 11 is 0. The second kappa shape index (κ2) is 9.33. The van der Waals surface area contributed by atoms with E-state index in [0.717, 1.165) is 0 Å². The highest BCUT2D eigenvalue weighted by molar-refractivity contribution is 6.04. The Morgan fingerprint density at radius 2 is 2.23 bits per heavy atom. The van der Waals surface area contributed by atoms with Crippen LogP contribution < -0.4 is 10.6 Å². The van der Waals surface area contributed by atoms with Gasteiger partial charge in [-0.15, -0.1) is 0 Å². The van der Waals surface area contributed by atoms with Crippen LogP contribution in [0.15, 0.2) is 25.0 Å². The molecule has 2 aromatic rings. The molecule has 0 spiro atoms. The fraction of sp³-hybridized carbons (Fsp3) is 0.474. The molecule has 9 nitrogen and oxygen atoms in total. The number of hydrogen-bond acceptors (Lipinski definition) is 6. The number of piperidine rings is 1. The molecule has 0 saturated carbocycles. The number of likely N-dealkylation sites (tertiary alicyclic amines) is 1. The minimum atomic E-state index is -4.35. The van der Waals surface area contributed by atoms with Gasteiger partial charge in [0.2, 0.25) is 5.91 Å². The lowest BCUT2D eigenvalue weighted by molar-refractivity contribution is -0.133. The molecular weight excluding hydrogens is 417 g/mol. The third kappa shape index (κ3) is 5.51. The molecule has 1 aliphatic heterocycles. The average molecular weight is 440 g/mol. The minimum absolute atomic E-state index is 0.100. The number of carbonyl (C=O) groups is 2. The van der Waals surface area contributed by atoms with Crippen molar-refractivity contribution in [2.75, 3.05) is 32.1 Å². The smallest absolute Gasteiger partial charge is 0.377 e. The molecule has 0 radical (unpaired) electrons. The molecule has 12 heteroatoms. The minimum Gasteiger partial charge on any atom is -0.377 e. The first kappa shape index (κ1) is 22.5. The standard InChI is InChI=1S/C19H23F3N6O3/c1-3-15(29)28-7-4-12(13(10-28)31-2)26-14-9-25-17-16(27-14)11(8-24-17)18(30)23-6-5-19(20,21)22/h3,8-9,12-13H,1,4-7,10H2,2H3,(H,23,30)(H,24,25)(H,26,27)/t12-,13+/m1/s1. The molecule has 0 aliphatic carbocycles. The van der Waals surface area contributed by atoms with Gasteiger partial charge in [0, 0.05) is 32.9 Å². The molecule has 3 N–H and O–H groups in total. The zero-order valence-electron chi connectivity index (χ0n) is 16.8. The Morgan fingerprint density at radius 3 is 2.90 bits per heavy atom. The van der Waals surface area contributed by atoms with Crippen LogP contribution in [0.2, 0.25) is 0 Å². The summed E-state index contributed by atoms with van der Waals surface area (Å²) in [5.41, 5.74) is 0.673. The maximum absolute atomic E-state index is 12.3. The molecule has 2 amide bonds. The van der Waals surface area contributed by atoms with Crippen LogP contribution in [0.25, 0.3) is 11.2 Å². The molecule has 0 bridgehead atoms. The molecule has 1 saturated heterocycles. The summed E-state index contributed by atoms with van der Waals surface area (Å²) in [6.07, 6.45) is -1.08. The molecule has 1 fully saturated rings. The van der Waals surface area contributed by atoms with Crippen molar-refractivity contribution in [3.63, 3.8) is 0 Å². The van der Waals surface area contributed by atoms with Crippen molar-refractivity contribution in [1.29, 1.82) is 0 Å². The van der Waals surface area contributed by atoms with Gasteiger partial charge in [-0.1, -0.05) is 6.58 Å². The van der Waals surface area contributed by atoms with Crippen molar-refractivity contribution in [3.8, 4) is 0 Å². The number of aromatic nitrogens is 3. The van der Waals surface area contributed by atoms with Gasteiger partial charge in [0.15, 0.2) is 5.65 Å². The third-order valence-electron chi connectivity index (χ3n) is 5.00. The van der Waals surface area contributed by atoms with Crippen LogP contribution in [0.1, 0.15) is 23.2 Å². The molecule has 0 unspecified atom stereocenters. The zero-order valence-corrected chi connectivity index (χ0v) is 16.8. The first-order chi connectivity index (χ1) is 14.7. The van der Waals surface area contributed by atoms with Gasteiger partial charge in [0.1, 0.15) is 11.3 Å². The van der Waals surface area contributed by atoms with E-state index in [1.165, 1.54) is 18.5 Å². The SMILES string of the molecule is C=CC(=O)N1CC[C@@H](Nc2cnc3[nH]cc(C(=O)NCCC(F)(F)F)c3n2)[C@@H](OC)C1. The van der Waals surface area contributed by atoms with E-state index in [-0.39, 0.29) is 29.1 Å². The second-order valence-corrected chi connectivity index (χ2v) is 7.08. The number of hydrogen-bond donors (Lipinski definition) is 3. The van der Waals surface area contributed by atoms with Crippen molar-refractivity contribution in [3.05, 3.63) is 30.6 Å². The van der Waals surface area contributed by atoms with E-state index in [1.807, 2.05) is 0 Å². The lowest BCUT2D eigenvalue weighted by Gasteiger charge is -2.37. The number of H-pyrrole nitrogens is 1. The normalized spacial score (nSPS) is 19.3. The molecule has 2 aromatic heterocycles. The van der Waals surface area contributed by atoms with Crippen molar-refractivity contribution >= 4 is 28.8 Å². The Bertz CT molecular complexity index is 961. The van der Waals surface area contributed by atoms with Crippen molar-refractivity contribution in [2.24, 2.45) is 0 Å². The summed E-state index contributed by atoms with van der Waals surface area (Å²) in [6, 6.07) is -0.159. The highest BCUT2D eigenvalue weighted by atomic mass is 19.4. The van der Waals surface area contributed by atoms with Gasteiger partial charge in [0.05, 0.1) is 30.3 Å². The van der Waals surface area contributed by atoms with E-state index >= 15 is 0 Å². The van der Waals surface area contributed by atoms with Gasteiger partial charge in [-0.25, -0.2) is 9.97 Å². The topological polar surface area (TPSA) is 112 Å². The molecule has 168 valence electrons. The van der Waals surface area contributed by atoms with Gasteiger partial charge in [-0.2, -0.15) is 13.2 Å². The van der Waals surface area contributed by atoms with Crippen LogP contribution in [0, 0.1) is 0 Å². The summed E-state index contributed by atoms with van der Waals surface area (Å²) in [6.45, 7) is 3.85. The lowest BCUT2D eigenvalue weighted by atomic mass is 10.0. The summed E-state index contributed by atoms with van der Waals surface area (Å²) in [5.74, 6) is -0.463. The average Bonchev–Trinajstić information content (AvgIpc) is 3.15. The molecule has 3 rings (SSSR count). The monoisotopic (exact) mass is 440 g/mol. The maximum Gasteiger partial charge on any atom is 0.390 e. The maximum atomic E-state index is 12.3. The Labute approximate surface area is 176 Å². The number of nitrogens with one attached hydrogen (secondary N) is 3. The quantitative estimate of drug-likeness (QED) is 0.567. The number of amides is 2. The van der Waals surface area contributed by atoms with Gasteiger partial charge >= 0.3 is 6.18 Å². The van der Waals surface area contributed by atoms with Crippen molar-refractivity contribution < 1.29 is 27.5 Å². The van der Waals surface area contributed by atoms with Crippen LogP contribution in [-0.2, 0) is 9.53 Å². The summed E-state index contributed by atoms with van der Waals surface area (Å²) in [4.78, 5) is 37.2. The first-order valence-electron chi connectivity index (χ1n) is 9.61. The van der Waals surface area contributed by atoms with Crippen LogP contribution >= 0.6 is 0 Å². The largest absolute Gasteiger partial charge is 0.390 e. The number of fused-ring (bicyclic) bond motifs is 1. The number of methoxy groups -OCH3 is 1. The van der Waals surface area contributed by atoms with Crippen LogP contribution in [0.4, 0.5) is 19.0 Å². The highest BCUT2D eigenvalue weighted by Gasteiger charge is 2.31. The van der Waals surface area contributed by atoms with Crippen molar-refractivity contribution in [1.82, 2.24) is 25.2 Å². The van der Waals surface area contributed by atoms with E-state index in [4.69, 9.17) is 4.74 Å². The fourth-order valence-corrected chi connectivity index (χ4v) is 3.39. The molecule has 3 heterocycles. The molecule has 0 aromatic carbocycles. The Balaban J connectivity index is 1.71. The number of nitrogens with zero attached hydrogens (tertiary/aromatic N) is 3. The number of aromatic amines is 1. The summed E-state index contributed by atoms with van der Waals surface area (Å²) in [5, 5.41) is 5.45. The summed E-state index contributed by atoms with van der Waals surface area (Å²) in [7, 11) is 1.55. The lowest BCUT2D eigenvalue weighted by Crippen LogP contribution is -2.52. The molecule has 31 heavy (non-hydrogen) atoms. The van der Waals surface area contributed by atoms with Gasteiger partial charge in [0.25, 0.3) is 5.91 Å². The summed E-state index contributed by atoms with van der Waals surface area (Å²) < 4.78 is 42.4. The fourth-order valence-electron chi connectivity index (χ4n) is 3.39. The highest BCUT2D eigenvalue weighted by Crippen LogP contribution is 2.22. The van der Waals surface area contributed by atoms with E-state index in [2.05, 4.69) is 32.2 Å². The number of rotatable bonds is 7. The predicted octanol–water partition coefficient (Wildman–Crippen LogP) is 1.85. The van der Waals surface area contributed by atoms with Gasteiger partial charge in [-0.3, -0.25) is 9.59 Å². The zero-order chi connectivity index (χ0) is 22.6. The predicted molar refractivity (Wildman–Crippen MR) is 106 cm³/mol. The number of alkyl halides is 3. The van der Waals surface area contributed by atoms with E-state index in [0.29, 0.717) is 31.0 Å². The second-order valence-electron chi connectivity index (χ2n) is 7.08.